The molecule has 2 aromatic rings. The summed E-state index contributed by atoms with van der Waals surface area (Å²) in [6.45, 7) is 0. The first-order chi connectivity index (χ1) is 7.75. The van der Waals surface area contributed by atoms with Gasteiger partial charge in [-0.25, -0.2) is 0 Å². The molecule has 1 aromatic carbocycles. The zero-order valence-corrected chi connectivity index (χ0v) is 9.54. The molecule has 0 fully saturated rings. The molecule has 0 amide bonds. The van der Waals surface area contributed by atoms with Crippen LogP contribution in [-0.4, -0.2) is 11.1 Å². The summed E-state index contributed by atoms with van der Waals surface area (Å²) in [5.41, 5.74) is 2.34. The zero-order chi connectivity index (χ0) is 11.4. The Morgan fingerprint density at radius 3 is 2.62 bits per heavy atom. The van der Waals surface area contributed by atoms with Crippen molar-refractivity contribution in [1.29, 1.82) is 0 Å². The van der Waals surface area contributed by atoms with Gasteiger partial charge in [0.05, 0.1) is 6.42 Å². The Balaban J connectivity index is 2.16. The van der Waals surface area contributed by atoms with E-state index in [1.807, 2.05) is 29.6 Å². The first kappa shape index (κ1) is 10.9. The van der Waals surface area contributed by atoms with Crippen molar-refractivity contribution < 1.29 is 9.90 Å². The van der Waals surface area contributed by atoms with Crippen molar-refractivity contribution in [3.05, 3.63) is 57.8 Å². The monoisotopic (exact) mass is 232 g/mol. The summed E-state index contributed by atoms with van der Waals surface area (Å²) in [5, 5.41) is 10.7. The van der Waals surface area contributed by atoms with Gasteiger partial charge in [0.1, 0.15) is 0 Å². The minimum absolute atomic E-state index is 0.125. The highest BCUT2D eigenvalue weighted by Crippen LogP contribution is 2.20. The fraction of sp³-hybridized carbons (Fsp3) is 0.154. The number of carboxylic acids is 1. The van der Waals surface area contributed by atoms with E-state index in [1.54, 1.807) is 0 Å². The Morgan fingerprint density at radius 2 is 1.94 bits per heavy atom. The number of thiophene rings is 1. The lowest BCUT2D eigenvalue weighted by atomic mass is 10.1. The van der Waals surface area contributed by atoms with E-state index in [9.17, 15) is 4.79 Å². The number of hydrogen-bond acceptors (Lipinski definition) is 2. The lowest BCUT2D eigenvalue weighted by Gasteiger charge is -2.02. The SMILES string of the molecule is O=C(O)Cc1sccc1Cc1ccccc1. The first-order valence-corrected chi connectivity index (χ1v) is 5.94. The average molecular weight is 232 g/mol. The molecule has 1 aromatic heterocycles. The van der Waals surface area contributed by atoms with Crippen molar-refractivity contribution in [1.82, 2.24) is 0 Å². The zero-order valence-electron chi connectivity index (χ0n) is 8.72. The van der Waals surface area contributed by atoms with Crippen LogP contribution in [0.3, 0.4) is 0 Å². The van der Waals surface area contributed by atoms with Crippen LogP contribution in [0.5, 0.6) is 0 Å². The summed E-state index contributed by atoms with van der Waals surface area (Å²) in [6.07, 6.45) is 0.937. The molecular weight excluding hydrogens is 220 g/mol. The molecule has 0 unspecified atom stereocenters. The van der Waals surface area contributed by atoms with Gasteiger partial charge in [0, 0.05) is 4.88 Å². The molecule has 0 radical (unpaired) electrons. The highest BCUT2D eigenvalue weighted by Gasteiger charge is 2.08. The van der Waals surface area contributed by atoms with Gasteiger partial charge in [-0.15, -0.1) is 11.3 Å². The van der Waals surface area contributed by atoms with E-state index in [0.29, 0.717) is 0 Å². The Labute approximate surface area is 98.2 Å². The third-order valence-corrected chi connectivity index (χ3v) is 3.35. The van der Waals surface area contributed by atoms with Crippen LogP contribution in [0.25, 0.3) is 0 Å². The maximum Gasteiger partial charge on any atom is 0.308 e. The van der Waals surface area contributed by atoms with Crippen LogP contribution in [0, 0.1) is 0 Å². The third kappa shape index (κ3) is 2.70. The summed E-state index contributed by atoms with van der Waals surface area (Å²) in [5.74, 6) is -0.767. The lowest BCUT2D eigenvalue weighted by molar-refractivity contribution is -0.136. The van der Waals surface area contributed by atoms with Gasteiger partial charge in [-0.1, -0.05) is 30.3 Å². The van der Waals surface area contributed by atoms with Gasteiger partial charge in [0.15, 0.2) is 0 Å². The van der Waals surface area contributed by atoms with E-state index in [2.05, 4.69) is 12.1 Å². The molecule has 0 saturated carbocycles. The van der Waals surface area contributed by atoms with Gasteiger partial charge in [0.2, 0.25) is 0 Å². The second kappa shape index (κ2) is 4.94. The Morgan fingerprint density at radius 1 is 1.19 bits per heavy atom. The summed E-state index contributed by atoms with van der Waals surface area (Å²) < 4.78 is 0. The summed E-state index contributed by atoms with van der Waals surface area (Å²) in [4.78, 5) is 11.6. The Kier molecular flexibility index (Phi) is 3.37. The van der Waals surface area contributed by atoms with Crippen molar-refractivity contribution >= 4 is 17.3 Å². The molecule has 2 rings (SSSR count). The summed E-state index contributed by atoms with van der Waals surface area (Å²) >= 11 is 1.52. The first-order valence-electron chi connectivity index (χ1n) is 5.06. The van der Waals surface area contributed by atoms with Gasteiger partial charge in [0.25, 0.3) is 0 Å². The van der Waals surface area contributed by atoms with Crippen molar-refractivity contribution in [2.24, 2.45) is 0 Å². The normalized spacial score (nSPS) is 10.2. The van der Waals surface area contributed by atoms with Crippen LogP contribution in [0.2, 0.25) is 0 Å². The number of carboxylic acid groups (broad SMARTS) is 1. The molecule has 0 spiro atoms. The van der Waals surface area contributed by atoms with Gasteiger partial charge in [-0.05, 0) is 29.0 Å². The molecule has 0 saturated heterocycles. The van der Waals surface area contributed by atoms with Gasteiger partial charge >= 0.3 is 5.97 Å². The van der Waals surface area contributed by atoms with Crippen molar-refractivity contribution in [3.63, 3.8) is 0 Å². The molecule has 1 N–H and O–H groups in total. The standard InChI is InChI=1S/C13H12O2S/c14-13(15)9-12-11(6-7-16-12)8-10-4-2-1-3-5-10/h1-7H,8-9H2,(H,14,15). The van der Waals surface area contributed by atoms with Crippen molar-refractivity contribution in [2.75, 3.05) is 0 Å². The predicted molar refractivity (Wildman–Crippen MR) is 64.9 cm³/mol. The minimum Gasteiger partial charge on any atom is -0.481 e. The maximum atomic E-state index is 10.7. The van der Waals surface area contributed by atoms with E-state index in [0.717, 1.165) is 16.9 Å². The molecule has 0 bridgehead atoms. The van der Waals surface area contributed by atoms with E-state index in [-0.39, 0.29) is 6.42 Å². The van der Waals surface area contributed by atoms with Crippen LogP contribution in [0.4, 0.5) is 0 Å². The second-order valence-electron chi connectivity index (χ2n) is 3.60. The average Bonchev–Trinajstić information content (AvgIpc) is 2.66. The number of carbonyl (C=O) groups is 1. The third-order valence-electron chi connectivity index (χ3n) is 2.39. The number of aliphatic carboxylic acids is 1. The minimum atomic E-state index is -0.767. The summed E-state index contributed by atoms with van der Waals surface area (Å²) in [6, 6.07) is 12.1. The maximum absolute atomic E-state index is 10.7. The van der Waals surface area contributed by atoms with Crippen LogP contribution >= 0.6 is 11.3 Å². The van der Waals surface area contributed by atoms with E-state index < -0.39 is 5.97 Å². The van der Waals surface area contributed by atoms with Gasteiger partial charge in [-0.2, -0.15) is 0 Å². The molecular formula is C13H12O2S. The molecule has 0 aliphatic carbocycles. The smallest absolute Gasteiger partial charge is 0.308 e. The van der Waals surface area contributed by atoms with Crippen molar-refractivity contribution in [2.45, 2.75) is 12.8 Å². The second-order valence-corrected chi connectivity index (χ2v) is 4.60. The Bertz CT molecular complexity index is 474. The van der Waals surface area contributed by atoms with E-state index in [1.165, 1.54) is 16.9 Å². The number of benzene rings is 1. The Hall–Kier alpha value is -1.61. The topological polar surface area (TPSA) is 37.3 Å². The van der Waals surface area contributed by atoms with Crippen LogP contribution in [0.1, 0.15) is 16.0 Å². The quantitative estimate of drug-likeness (QED) is 0.880. The van der Waals surface area contributed by atoms with E-state index in [4.69, 9.17) is 5.11 Å². The van der Waals surface area contributed by atoms with Crippen LogP contribution in [-0.2, 0) is 17.6 Å². The van der Waals surface area contributed by atoms with Crippen LogP contribution in [0.15, 0.2) is 41.8 Å². The lowest BCUT2D eigenvalue weighted by Crippen LogP contribution is -2.00. The number of rotatable bonds is 4. The van der Waals surface area contributed by atoms with Crippen LogP contribution < -0.4 is 0 Å². The van der Waals surface area contributed by atoms with Gasteiger partial charge < -0.3 is 5.11 Å². The molecule has 3 heteroatoms. The molecule has 16 heavy (non-hydrogen) atoms. The number of hydrogen-bond donors (Lipinski definition) is 1. The fourth-order valence-corrected chi connectivity index (χ4v) is 2.53. The highest BCUT2D eigenvalue weighted by molar-refractivity contribution is 7.10. The predicted octanol–water partition coefficient (Wildman–Crippen LogP) is 2.97. The van der Waals surface area contributed by atoms with Gasteiger partial charge in [-0.3, -0.25) is 4.79 Å². The highest BCUT2D eigenvalue weighted by atomic mass is 32.1. The molecule has 1 heterocycles. The molecule has 0 atom stereocenters. The molecule has 82 valence electrons. The van der Waals surface area contributed by atoms with Crippen molar-refractivity contribution in [3.8, 4) is 0 Å². The summed E-state index contributed by atoms with van der Waals surface area (Å²) in [7, 11) is 0. The molecule has 2 nitrogen and oxygen atoms in total. The molecule has 0 aliphatic heterocycles. The fourth-order valence-electron chi connectivity index (χ4n) is 1.63. The largest absolute Gasteiger partial charge is 0.481 e. The molecule has 0 aliphatic rings. The van der Waals surface area contributed by atoms with E-state index >= 15 is 0 Å².